The normalized spacial score (nSPS) is 24.8. The number of nitrogens with one attached hydrogen (secondary N) is 1. The molecule has 0 saturated carbocycles. The molecule has 0 aromatic heterocycles. The Kier molecular flexibility index (Phi) is 3.68. The highest BCUT2D eigenvalue weighted by Crippen LogP contribution is 2.28. The second-order valence-corrected chi connectivity index (χ2v) is 5.01. The molecule has 0 radical (unpaired) electrons. The molecule has 4 heteroatoms. The Balaban J connectivity index is 2.16. The van der Waals surface area contributed by atoms with Gasteiger partial charge in [0.1, 0.15) is 5.60 Å². The highest BCUT2D eigenvalue weighted by molar-refractivity contribution is 5.97. The van der Waals surface area contributed by atoms with Crippen molar-refractivity contribution in [2.45, 2.75) is 38.3 Å². The van der Waals surface area contributed by atoms with Crippen LogP contribution in [0.5, 0.6) is 0 Å². The van der Waals surface area contributed by atoms with Gasteiger partial charge in [-0.2, -0.15) is 0 Å². The van der Waals surface area contributed by atoms with Crippen LogP contribution in [0.15, 0.2) is 24.3 Å². The largest absolute Gasteiger partial charge is 0.365 e. The minimum atomic E-state index is -0.703. The van der Waals surface area contributed by atoms with Gasteiger partial charge in [-0.1, -0.05) is 18.2 Å². The van der Waals surface area contributed by atoms with Crippen LogP contribution in [0.25, 0.3) is 0 Å². The number of amides is 1. The zero-order chi connectivity index (χ0) is 13.2. The van der Waals surface area contributed by atoms with E-state index < -0.39 is 5.60 Å². The number of benzene rings is 1. The van der Waals surface area contributed by atoms with E-state index in [2.05, 4.69) is 5.32 Å². The monoisotopic (exact) mass is 248 g/mol. The van der Waals surface area contributed by atoms with Gasteiger partial charge in [0, 0.05) is 18.3 Å². The first-order valence-electron chi connectivity index (χ1n) is 6.33. The van der Waals surface area contributed by atoms with Gasteiger partial charge >= 0.3 is 0 Å². The van der Waals surface area contributed by atoms with Crippen molar-refractivity contribution < 1.29 is 9.53 Å². The minimum Gasteiger partial charge on any atom is -0.365 e. The number of nitrogens with two attached hydrogens (primary N) is 1. The Morgan fingerprint density at radius 1 is 1.50 bits per heavy atom. The fraction of sp³-hybridized carbons (Fsp3) is 0.500. The molecule has 0 bridgehead atoms. The van der Waals surface area contributed by atoms with Crippen LogP contribution < -0.4 is 11.1 Å². The number of ether oxygens (including phenoxy) is 1. The van der Waals surface area contributed by atoms with Crippen molar-refractivity contribution in [3.05, 3.63) is 29.8 Å². The standard InChI is InChI=1S/C14H20N2O2/c1-10(15)11-6-3-4-7-12(11)16-13(17)14(2)8-5-9-18-14/h3-4,6-7,10H,5,8-9,15H2,1-2H3,(H,16,17). The Morgan fingerprint density at radius 2 is 2.22 bits per heavy atom. The van der Waals surface area contributed by atoms with Crippen LogP contribution in [0, 0.1) is 0 Å². The van der Waals surface area contributed by atoms with E-state index in [0.29, 0.717) is 6.61 Å². The van der Waals surface area contributed by atoms with Crippen LogP contribution in [0.4, 0.5) is 5.69 Å². The summed E-state index contributed by atoms with van der Waals surface area (Å²) < 4.78 is 5.53. The Hall–Kier alpha value is -1.39. The van der Waals surface area contributed by atoms with Crippen molar-refractivity contribution in [3.63, 3.8) is 0 Å². The maximum absolute atomic E-state index is 12.2. The molecule has 2 unspecified atom stereocenters. The van der Waals surface area contributed by atoms with Crippen LogP contribution in [-0.2, 0) is 9.53 Å². The highest BCUT2D eigenvalue weighted by atomic mass is 16.5. The van der Waals surface area contributed by atoms with Crippen LogP contribution in [0.2, 0.25) is 0 Å². The number of hydrogen-bond acceptors (Lipinski definition) is 3. The lowest BCUT2D eigenvalue weighted by Crippen LogP contribution is -2.39. The molecule has 4 nitrogen and oxygen atoms in total. The van der Waals surface area contributed by atoms with Gasteiger partial charge in [0.25, 0.3) is 5.91 Å². The summed E-state index contributed by atoms with van der Waals surface area (Å²) in [4.78, 5) is 12.2. The van der Waals surface area contributed by atoms with Gasteiger partial charge in [-0.05, 0) is 38.3 Å². The third kappa shape index (κ3) is 2.54. The molecular weight excluding hydrogens is 228 g/mol. The van der Waals surface area contributed by atoms with E-state index in [0.717, 1.165) is 24.1 Å². The number of rotatable bonds is 3. The minimum absolute atomic E-state index is 0.0897. The van der Waals surface area contributed by atoms with Crippen LogP contribution in [0.3, 0.4) is 0 Å². The maximum Gasteiger partial charge on any atom is 0.256 e. The molecule has 1 fully saturated rings. The maximum atomic E-state index is 12.2. The van der Waals surface area contributed by atoms with Crippen LogP contribution in [-0.4, -0.2) is 18.1 Å². The van der Waals surface area contributed by atoms with E-state index in [1.54, 1.807) is 0 Å². The van der Waals surface area contributed by atoms with Crippen LogP contribution >= 0.6 is 0 Å². The summed E-state index contributed by atoms with van der Waals surface area (Å²) in [6.45, 7) is 4.39. The van der Waals surface area contributed by atoms with Crippen molar-refractivity contribution in [1.29, 1.82) is 0 Å². The van der Waals surface area contributed by atoms with E-state index >= 15 is 0 Å². The second kappa shape index (κ2) is 5.08. The number of anilines is 1. The average Bonchev–Trinajstić information content (AvgIpc) is 2.78. The lowest BCUT2D eigenvalue weighted by atomic mass is 10.0. The van der Waals surface area contributed by atoms with Gasteiger partial charge < -0.3 is 15.8 Å². The van der Waals surface area contributed by atoms with Gasteiger partial charge in [-0.3, -0.25) is 4.79 Å². The molecule has 2 rings (SSSR count). The molecule has 0 aliphatic carbocycles. The molecule has 1 aromatic rings. The van der Waals surface area contributed by atoms with E-state index in [4.69, 9.17) is 10.5 Å². The summed E-state index contributed by atoms with van der Waals surface area (Å²) in [6, 6.07) is 7.49. The summed E-state index contributed by atoms with van der Waals surface area (Å²) in [7, 11) is 0. The van der Waals surface area contributed by atoms with Crippen molar-refractivity contribution in [2.75, 3.05) is 11.9 Å². The molecule has 3 N–H and O–H groups in total. The average molecular weight is 248 g/mol. The Labute approximate surface area is 108 Å². The molecule has 2 atom stereocenters. The molecule has 1 aliphatic rings. The summed E-state index contributed by atoms with van der Waals surface area (Å²) in [5.74, 6) is -0.0897. The lowest BCUT2D eigenvalue weighted by molar-refractivity contribution is -0.133. The first-order valence-corrected chi connectivity index (χ1v) is 6.33. The zero-order valence-electron chi connectivity index (χ0n) is 10.9. The Morgan fingerprint density at radius 3 is 2.83 bits per heavy atom. The number of para-hydroxylation sites is 1. The topological polar surface area (TPSA) is 64.3 Å². The van der Waals surface area contributed by atoms with E-state index in [9.17, 15) is 4.79 Å². The number of carbonyl (C=O) groups is 1. The van der Waals surface area contributed by atoms with Crippen molar-refractivity contribution in [2.24, 2.45) is 5.73 Å². The molecule has 1 amide bonds. The molecule has 0 spiro atoms. The third-order valence-corrected chi connectivity index (χ3v) is 3.40. The lowest BCUT2D eigenvalue weighted by Gasteiger charge is -2.23. The molecule has 1 saturated heterocycles. The molecular formula is C14H20N2O2. The number of carbonyl (C=O) groups excluding carboxylic acids is 1. The fourth-order valence-electron chi connectivity index (χ4n) is 2.22. The van der Waals surface area contributed by atoms with Gasteiger partial charge in [0.15, 0.2) is 0 Å². The van der Waals surface area contributed by atoms with Crippen molar-refractivity contribution in [3.8, 4) is 0 Å². The smallest absolute Gasteiger partial charge is 0.256 e. The van der Waals surface area contributed by atoms with E-state index in [1.165, 1.54) is 0 Å². The van der Waals surface area contributed by atoms with Gasteiger partial charge in [-0.25, -0.2) is 0 Å². The number of hydrogen-bond donors (Lipinski definition) is 2. The predicted octanol–water partition coefficient (Wildman–Crippen LogP) is 2.21. The van der Waals surface area contributed by atoms with Crippen molar-refractivity contribution >= 4 is 11.6 Å². The van der Waals surface area contributed by atoms with Crippen molar-refractivity contribution in [1.82, 2.24) is 0 Å². The molecule has 1 aliphatic heterocycles. The molecule has 98 valence electrons. The molecule has 1 aromatic carbocycles. The van der Waals surface area contributed by atoms with E-state index in [-0.39, 0.29) is 11.9 Å². The summed E-state index contributed by atoms with van der Waals surface area (Å²) in [5.41, 5.74) is 6.90. The fourth-order valence-corrected chi connectivity index (χ4v) is 2.22. The molecule has 1 heterocycles. The van der Waals surface area contributed by atoms with Gasteiger partial charge in [-0.15, -0.1) is 0 Å². The zero-order valence-corrected chi connectivity index (χ0v) is 10.9. The van der Waals surface area contributed by atoms with Crippen LogP contribution in [0.1, 0.15) is 38.3 Å². The predicted molar refractivity (Wildman–Crippen MR) is 71.3 cm³/mol. The van der Waals surface area contributed by atoms with Gasteiger partial charge in [0.2, 0.25) is 0 Å². The van der Waals surface area contributed by atoms with Gasteiger partial charge in [0.05, 0.1) is 0 Å². The third-order valence-electron chi connectivity index (χ3n) is 3.40. The molecule has 18 heavy (non-hydrogen) atoms. The second-order valence-electron chi connectivity index (χ2n) is 5.01. The quantitative estimate of drug-likeness (QED) is 0.862. The summed E-state index contributed by atoms with van der Waals surface area (Å²) >= 11 is 0. The summed E-state index contributed by atoms with van der Waals surface area (Å²) in [5, 5.41) is 2.93. The first-order chi connectivity index (χ1) is 8.53. The SMILES string of the molecule is CC(N)c1ccccc1NC(=O)C1(C)CCCO1. The Bertz CT molecular complexity index is 437. The summed E-state index contributed by atoms with van der Waals surface area (Å²) in [6.07, 6.45) is 1.69. The highest BCUT2D eigenvalue weighted by Gasteiger charge is 2.37. The first kappa shape index (κ1) is 13.1. The van der Waals surface area contributed by atoms with E-state index in [1.807, 2.05) is 38.1 Å².